The van der Waals surface area contributed by atoms with Gasteiger partial charge in [0.15, 0.2) is 5.60 Å². The van der Waals surface area contributed by atoms with Crippen molar-refractivity contribution in [2.75, 3.05) is 38.6 Å². The largest absolute Gasteiger partial charge is 0.376 e. The number of nitrogens with zero attached hydrogens (tertiary/aromatic N) is 2. The van der Waals surface area contributed by atoms with Crippen LogP contribution < -0.4 is 10.2 Å². The number of hydrogen-bond donors (Lipinski definition) is 2. The quantitative estimate of drug-likeness (QED) is 0.622. The predicted octanol–water partition coefficient (Wildman–Crippen LogP) is 4.06. The second-order valence-corrected chi connectivity index (χ2v) is 10.4. The number of nitrogens with one attached hydrogen (secondary N) is 1. The molecule has 1 saturated heterocycles. The fraction of sp³-hybridized carbons (Fsp3) is 0.481. The van der Waals surface area contributed by atoms with Crippen molar-refractivity contribution in [2.24, 2.45) is 11.3 Å². The van der Waals surface area contributed by atoms with Crippen LogP contribution in [0.25, 0.3) is 0 Å². The lowest BCUT2D eigenvalue weighted by molar-refractivity contribution is -0.149. The van der Waals surface area contributed by atoms with Crippen molar-refractivity contribution in [1.82, 2.24) is 10.2 Å². The lowest BCUT2D eigenvalue weighted by atomic mass is 9.89. The van der Waals surface area contributed by atoms with Crippen LogP contribution in [0.1, 0.15) is 48.5 Å². The maximum Gasteiger partial charge on any atom is 0.258 e. The number of piperidine rings is 1. The molecule has 1 heterocycles. The summed E-state index contributed by atoms with van der Waals surface area (Å²) < 4.78 is 0. The van der Waals surface area contributed by atoms with Crippen LogP contribution >= 0.6 is 11.6 Å². The Balaban J connectivity index is 1.28. The third-order valence-electron chi connectivity index (χ3n) is 7.82. The molecule has 6 nitrogen and oxygen atoms in total. The van der Waals surface area contributed by atoms with Crippen molar-refractivity contribution in [1.29, 1.82) is 0 Å². The fourth-order valence-corrected chi connectivity index (χ4v) is 5.65. The molecule has 34 heavy (non-hydrogen) atoms. The van der Waals surface area contributed by atoms with Gasteiger partial charge in [0.25, 0.3) is 11.8 Å². The maximum absolute atomic E-state index is 12.9. The van der Waals surface area contributed by atoms with Crippen LogP contribution in [0.3, 0.4) is 0 Å². The monoisotopic (exact) mass is 483 g/mol. The van der Waals surface area contributed by atoms with Crippen LogP contribution in [0, 0.1) is 11.3 Å². The highest BCUT2D eigenvalue weighted by Crippen LogP contribution is 2.61. The molecule has 0 bridgehead atoms. The normalized spacial score (nSPS) is 20.5. The third kappa shape index (κ3) is 4.80. The molecule has 1 spiro atoms. The summed E-state index contributed by atoms with van der Waals surface area (Å²) in [5.41, 5.74) is 1.02. The van der Waals surface area contributed by atoms with Crippen LogP contribution in [0.15, 0.2) is 48.5 Å². The van der Waals surface area contributed by atoms with Crippen LogP contribution in [0.2, 0.25) is 5.02 Å². The zero-order chi connectivity index (χ0) is 24.5. The summed E-state index contributed by atoms with van der Waals surface area (Å²) >= 11 is 6.34. The van der Waals surface area contributed by atoms with E-state index in [4.69, 9.17) is 11.6 Å². The number of amides is 2. The van der Waals surface area contributed by atoms with Crippen LogP contribution in [-0.2, 0) is 10.4 Å². The standard InChI is InChI=1S/C27H34ClN3O3/c1-26(34,19-7-5-4-6-8-19)25(33)30(3)14-11-20-18-27(20)12-15-31(16-13-27)21-9-10-22(23(28)17-21)24(32)29-2/h4-10,17,20,34H,11-16,18H2,1-3H3,(H,29,32)/t20?,26-/m1/s1. The molecule has 2 aromatic rings. The highest BCUT2D eigenvalue weighted by atomic mass is 35.5. The second-order valence-electron chi connectivity index (χ2n) is 9.95. The zero-order valence-corrected chi connectivity index (χ0v) is 20.9. The molecule has 7 heteroatoms. The number of carbonyl (C=O) groups is 2. The first-order chi connectivity index (χ1) is 16.2. The van der Waals surface area contributed by atoms with Crippen LogP contribution in [0.4, 0.5) is 5.69 Å². The summed E-state index contributed by atoms with van der Waals surface area (Å²) in [5, 5.41) is 13.9. The van der Waals surface area contributed by atoms with E-state index in [9.17, 15) is 14.7 Å². The van der Waals surface area contributed by atoms with E-state index in [2.05, 4.69) is 10.2 Å². The van der Waals surface area contributed by atoms with E-state index < -0.39 is 5.60 Å². The number of anilines is 1. The highest BCUT2D eigenvalue weighted by Gasteiger charge is 2.54. The zero-order valence-electron chi connectivity index (χ0n) is 20.2. The van der Waals surface area contributed by atoms with Crippen molar-refractivity contribution in [3.63, 3.8) is 0 Å². The van der Waals surface area contributed by atoms with Gasteiger partial charge in [-0.05, 0) is 67.7 Å². The Bertz CT molecular complexity index is 1050. The van der Waals surface area contributed by atoms with Gasteiger partial charge in [-0.1, -0.05) is 41.9 Å². The molecule has 2 aromatic carbocycles. The van der Waals surface area contributed by atoms with Gasteiger partial charge in [0, 0.05) is 39.4 Å². The molecule has 2 amide bonds. The fourth-order valence-electron chi connectivity index (χ4n) is 5.39. The SMILES string of the molecule is CNC(=O)c1ccc(N2CCC3(CC2)CC3CCN(C)C(=O)[C@](C)(O)c2ccccc2)cc1Cl. The van der Waals surface area contributed by atoms with Gasteiger partial charge < -0.3 is 20.2 Å². The van der Waals surface area contributed by atoms with Gasteiger partial charge in [-0.3, -0.25) is 9.59 Å². The van der Waals surface area contributed by atoms with E-state index in [0.717, 1.165) is 38.0 Å². The molecule has 2 atom stereocenters. The second kappa shape index (κ2) is 9.59. The summed E-state index contributed by atoms with van der Waals surface area (Å²) in [7, 11) is 3.38. The van der Waals surface area contributed by atoms with Gasteiger partial charge in [0.1, 0.15) is 0 Å². The van der Waals surface area contributed by atoms with Crippen molar-refractivity contribution in [3.05, 3.63) is 64.7 Å². The van der Waals surface area contributed by atoms with Gasteiger partial charge in [-0.25, -0.2) is 0 Å². The van der Waals surface area contributed by atoms with Gasteiger partial charge in [-0.2, -0.15) is 0 Å². The molecule has 0 radical (unpaired) electrons. The Kier molecular flexibility index (Phi) is 6.92. The Morgan fingerprint density at radius 2 is 1.88 bits per heavy atom. The number of likely N-dealkylation sites (N-methyl/N-ethyl adjacent to an activating group) is 1. The first-order valence-corrected chi connectivity index (χ1v) is 12.4. The molecule has 182 valence electrons. The number of benzene rings is 2. The number of carbonyl (C=O) groups excluding carboxylic acids is 2. The molecule has 1 saturated carbocycles. The number of halogens is 1. The minimum atomic E-state index is -1.52. The van der Waals surface area contributed by atoms with E-state index in [1.165, 1.54) is 6.42 Å². The summed E-state index contributed by atoms with van der Waals surface area (Å²) in [6, 6.07) is 14.8. The molecule has 1 aliphatic heterocycles. The topological polar surface area (TPSA) is 72.9 Å². The molecular weight excluding hydrogens is 450 g/mol. The van der Waals surface area contributed by atoms with Crippen LogP contribution in [0.5, 0.6) is 0 Å². The molecular formula is C27H34ClN3O3. The van der Waals surface area contributed by atoms with Crippen molar-refractivity contribution < 1.29 is 14.7 Å². The Hall–Kier alpha value is -2.57. The van der Waals surface area contributed by atoms with E-state index >= 15 is 0 Å². The molecule has 1 aliphatic carbocycles. The number of rotatable bonds is 7. The molecule has 2 aliphatic rings. The highest BCUT2D eigenvalue weighted by molar-refractivity contribution is 6.34. The Morgan fingerprint density at radius 1 is 1.21 bits per heavy atom. The lowest BCUT2D eigenvalue weighted by Gasteiger charge is -2.35. The van der Waals surface area contributed by atoms with Crippen molar-refractivity contribution >= 4 is 29.1 Å². The van der Waals surface area contributed by atoms with Gasteiger partial charge in [0.05, 0.1) is 10.6 Å². The summed E-state index contributed by atoms with van der Waals surface area (Å²) in [5.74, 6) is 0.176. The van der Waals surface area contributed by atoms with E-state index in [0.29, 0.717) is 34.0 Å². The summed E-state index contributed by atoms with van der Waals surface area (Å²) in [6.45, 7) is 4.14. The minimum Gasteiger partial charge on any atom is -0.376 e. The molecule has 2 N–H and O–H groups in total. The summed E-state index contributed by atoms with van der Waals surface area (Å²) in [4.78, 5) is 28.8. The Morgan fingerprint density at radius 3 is 2.50 bits per heavy atom. The molecule has 1 unspecified atom stereocenters. The Labute approximate surface area is 206 Å². The average molecular weight is 484 g/mol. The van der Waals surface area contributed by atoms with Gasteiger partial charge >= 0.3 is 0 Å². The first kappa shape index (κ1) is 24.6. The average Bonchev–Trinajstić information content (AvgIpc) is 3.53. The van der Waals surface area contributed by atoms with Gasteiger partial charge in [0.2, 0.25) is 0 Å². The van der Waals surface area contributed by atoms with Crippen molar-refractivity contribution in [3.8, 4) is 0 Å². The summed E-state index contributed by atoms with van der Waals surface area (Å²) in [6.07, 6.45) is 4.39. The minimum absolute atomic E-state index is 0.177. The van der Waals surface area contributed by atoms with Crippen molar-refractivity contribution in [2.45, 2.75) is 38.2 Å². The van der Waals surface area contributed by atoms with E-state index in [-0.39, 0.29) is 11.8 Å². The molecule has 0 aromatic heterocycles. The molecule has 2 fully saturated rings. The van der Waals surface area contributed by atoms with Crippen LogP contribution in [-0.4, -0.2) is 55.6 Å². The third-order valence-corrected chi connectivity index (χ3v) is 8.13. The van der Waals surface area contributed by atoms with E-state index in [1.807, 2.05) is 30.3 Å². The first-order valence-electron chi connectivity index (χ1n) is 12.0. The number of aliphatic hydroxyl groups is 1. The predicted molar refractivity (Wildman–Crippen MR) is 135 cm³/mol. The maximum atomic E-state index is 12.9. The van der Waals surface area contributed by atoms with Gasteiger partial charge in [-0.15, -0.1) is 0 Å². The lowest BCUT2D eigenvalue weighted by Crippen LogP contribution is -2.43. The van der Waals surface area contributed by atoms with E-state index in [1.54, 1.807) is 44.1 Å². The number of hydrogen-bond acceptors (Lipinski definition) is 4. The molecule has 4 rings (SSSR count). The smallest absolute Gasteiger partial charge is 0.258 e.